The number of rotatable bonds is 3. The van der Waals surface area contributed by atoms with E-state index < -0.39 is 5.82 Å². The van der Waals surface area contributed by atoms with Crippen molar-refractivity contribution in [3.63, 3.8) is 0 Å². The summed E-state index contributed by atoms with van der Waals surface area (Å²) in [6.07, 6.45) is 1.44. The first-order valence-corrected chi connectivity index (χ1v) is 5.44. The van der Waals surface area contributed by atoms with Crippen LogP contribution < -0.4 is 4.74 Å². The fraction of sp³-hybridized carbons (Fsp3) is 0.0714. The van der Waals surface area contributed by atoms with E-state index in [9.17, 15) is 9.18 Å². The van der Waals surface area contributed by atoms with Gasteiger partial charge in [-0.15, -0.1) is 0 Å². The topological polar surface area (TPSA) is 63.0 Å². The van der Waals surface area contributed by atoms with E-state index >= 15 is 0 Å². The third-order valence-electron chi connectivity index (χ3n) is 2.42. The van der Waals surface area contributed by atoms with Gasteiger partial charge in [0.2, 0.25) is 5.88 Å². The summed E-state index contributed by atoms with van der Waals surface area (Å²) >= 11 is 0. The maximum Gasteiger partial charge on any atom is 0.219 e. The number of hydrogen-bond donors (Lipinski definition) is 0. The molecule has 0 saturated heterocycles. The third-order valence-corrected chi connectivity index (χ3v) is 2.42. The number of ether oxygens (including phenoxy) is 1. The molecule has 0 aliphatic rings. The molecule has 0 atom stereocenters. The summed E-state index contributed by atoms with van der Waals surface area (Å²) in [5.74, 6) is -0.373. The Kier molecular flexibility index (Phi) is 3.53. The summed E-state index contributed by atoms with van der Waals surface area (Å²) in [5, 5.41) is 8.62. The predicted octanol–water partition coefficient (Wildman–Crippen LogP) is 3.09. The van der Waals surface area contributed by atoms with Crippen molar-refractivity contribution in [3.8, 4) is 17.7 Å². The molecule has 0 spiro atoms. The molecule has 0 fully saturated rings. The third kappa shape index (κ3) is 2.93. The van der Waals surface area contributed by atoms with Crippen molar-refractivity contribution in [3.05, 3.63) is 53.5 Å². The second-order valence-electron chi connectivity index (χ2n) is 3.79. The Balaban J connectivity index is 2.26. The van der Waals surface area contributed by atoms with Gasteiger partial charge in [0.05, 0.1) is 5.56 Å². The average molecular weight is 256 g/mol. The number of nitrogens with zero attached hydrogens (tertiary/aromatic N) is 2. The van der Waals surface area contributed by atoms with Gasteiger partial charge < -0.3 is 4.74 Å². The zero-order chi connectivity index (χ0) is 13.8. The highest BCUT2D eigenvalue weighted by atomic mass is 19.1. The fourth-order valence-electron chi connectivity index (χ4n) is 1.45. The van der Waals surface area contributed by atoms with Crippen LogP contribution in [0.3, 0.4) is 0 Å². The van der Waals surface area contributed by atoms with Crippen LogP contribution in [0.15, 0.2) is 36.5 Å². The standard InChI is InChI=1S/C14H9FN2O2/c1-9(18)10-4-5-17-14(6-10)19-12-3-2-11(8-16)13(15)7-12/h2-7H,1H3. The van der Waals surface area contributed by atoms with E-state index in [2.05, 4.69) is 4.98 Å². The lowest BCUT2D eigenvalue weighted by Gasteiger charge is -2.05. The number of ketones is 1. The largest absolute Gasteiger partial charge is 0.439 e. The van der Waals surface area contributed by atoms with Crippen LogP contribution in [-0.4, -0.2) is 10.8 Å². The van der Waals surface area contributed by atoms with Gasteiger partial charge in [0.1, 0.15) is 17.6 Å². The minimum Gasteiger partial charge on any atom is -0.439 e. The molecule has 0 bridgehead atoms. The smallest absolute Gasteiger partial charge is 0.219 e. The van der Waals surface area contributed by atoms with Gasteiger partial charge in [0.15, 0.2) is 5.78 Å². The van der Waals surface area contributed by atoms with Crippen LogP contribution in [0.1, 0.15) is 22.8 Å². The van der Waals surface area contributed by atoms with E-state index in [4.69, 9.17) is 10.00 Å². The summed E-state index contributed by atoms with van der Waals surface area (Å²) in [4.78, 5) is 15.1. The maximum absolute atomic E-state index is 13.4. The molecule has 1 aromatic heterocycles. The molecule has 5 heteroatoms. The predicted molar refractivity (Wildman–Crippen MR) is 65.4 cm³/mol. The highest BCUT2D eigenvalue weighted by Crippen LogP contribution is 2.22. The van der Waals surface area contributed by atoms with Crippen molar-refractivity contribution in [1.82, 2.24) is 4.98 Å². The summed E-state index contributed by atoms with van der Waals surface area (Å²) in [5.41, 5.74) is 0.400. The maximum atomic E-state index is 13.4. The molecule has 2 aromatic rings. The number of nitriles is 1. The number of carbonyl (C=O) groups excluding carboxylic acids is 1. The zero-order valence-electron chi connectivity index (χ0n) is 10.1. The molecule has 0 saturated carbocycles. The van der Waals surface area contributed by atoms with Gasteiger partial charge in [0.25, 0.3) is 0 Å². The van der Waals surface area contributed by atoms with E-state index in [1.54, 1.807) is 12.1 Å². The zero-order valence-corrected chi connectivity index (χ0v) is 10.1. The molecule has 0 unspecified atom stereocenters. The van der Waals surface area contributed by atoms with Crippen LogP contribution >= 0.6 is 0 Å². The Labute approximate surface area is 109 Å². The van der Waals surface area contributed by atoms with Gasteiger partial charge in [-0.1, -0.05) is 0 Å². The lowest BCUT2D eigenvalue weighted by atomic mass is 10.2. The first-order chi connectivity index (χ1) is 9.10. The molecule has 19 heavy (non-hydrogen) atoms. The molecule has 0 amide bonds. The van der Waals surface area contributed by atoms with Gasteiger partial charge in [-0.25, -0.2) is 9.37 Å². The number of carbonyl (C=O) groups is 1. The average Bonchev–Trinajstić information content (AvgIpc) is 2.39. The molecular weight excluding hydrogens is 247 g/mol. The molecule has 4 nitrogen and oxygen atoms in total. The molecule has 2 rings (SSSR count). The summed E-state index contributed by atoms with van der Waals surface area (Å²) in [6.45, 7) is 1.43. The van der Waals surface area contributed by atoms with Gasteiger partial charge >= 0.3 is 0 Å². The lowest BCUT2D eigenvalue weighted by Crippen LogP contribution is -1.95. The monoisotopic (exact) mass is 256 g/mol. The number of benzene rings is 1. The van der Waals surface area contributed by atoms with Crippen molar-refractivity contribution >= 4 is 5.78 Å². The van der Waals surface area contributed by atoms with Crippen LogP contribution in [-0.2, 0) is 0 Å². The van der Waals surface area contributed by atoms with E-state index in [0.29, 0.717) is 5.56 Å². The van der Waals surface area contributed by atoms with E-state index in [1.807, 2.05) is 0 Å². The summed E-state index contributed by atoms with van der Waals surface area (Å²) in [6, 6.07) is 8.63. The lowest BCUT2D eigenvalue weighted by molar-refractivity contribution is 0.101. The Morgan fingerprint density at radius 3 is 2.79 bits per heavy atom. The highest BCUT2D eigenvalue weighted by Gasteiger charge is 2.06. The van der Waals surface area contributed by atoms with Crippen molar-refractivity contribution < 1.29 is 13.9 Å². The molecule has 0 N–H and O–H groups in total. The van der Waals surface area contributed by atoms with Crippen LogP contribution in [0.25, 0.3) is 0 Å². The minimum atomic E-state index is -0.664. The molecule has 0 aliphatic carbocycles. The Morgan fingerprint density at radius 2 is 2.16 bits per heavy atom. The molecule has 94 valence electrons. The van der Waals surface area contributed by atoms with Crippen molar-refractivity contribution in [2.45, 2.75) is 6.92 Å². The van der Waals surface area contributed by atoms with Crippen LogP contribution in [0.2, 0.25) is 0 Å². The van der Waals surface area contributed by atoms with Crippen LogP contribution in [0.4, 0.5) is 4.39 Å². The number of Topliss-reactive ketones (excluding diaryl/α,β-unsaturated/α-hetero) is 1. The number of aromatic nitrogens is 1. The van der Waals surface area contributed by atoms with Gasteiger partial charge in [0, 0.05) is 23.9 Å². The second kappa shape index (κ2) is 5.27. The minimum absolute atomic E-state index is 0.0576. The van der Waals surface area contributed by atoms with E-state index in [-0.39, 0.29) is 23.0 Å². The highest BCUT2D eigenvalue weighted by molar-refractivity contribution is 5.94. The molecule has 1 aromatic carbocycles. The first kappa shape index (κ1) is 12.7. The van der Waals surface area contributed by atoms with Gasteiger partial charge in [-0.3, -0.25) is 4.79 Å². The van der Waals surface area contributed by atoms with E-state index in [1.165, 1.54) is 31.3 Å². The SMILES string of the molecule is CC(=O)c1ccnc(Oc2ccc(C#N)c(F)c2)c1. The molecular formula is C14H9FN2O2. The van der Waals surface area contributed by atoms with Crippen LogP contribution in [0.5, 0.6) is 11.6 Å². The van der Waals surface area contributed by atoms with Gasteiger partial charge in [-0.2, -0.15) is 5.26 Å². The van der Waals surface area contributed by atoms with Crippen molar-refractivity contribution in [2.24, 2.45) is 0 Å². The molecule has 1 heterocycles. The Bertz CT molecular complexity index is 677. The summed E-state index contributed by atoms with van der Waals surface area (Å²) < 4.78 is 18.7. The van der Waals surface area contributed by atoms with Crippen molar-refractivity contribution in [1.29, 1.82) is 5.26 Å². The number of halogens is 1. The number of pyridine rings is 1. The normalized spacial score (nSPS) is 9.74. The molecule has 0 aliphatic heterocycles. The first-order valence-electron chi connectivity index (χ1n) is 5.44. The number of hydrogen-bond acceptors (Lipinski definition) is 4. The molecule has 0 radical (unpaired) electrons. The second-order valence-corrected chi connectivity index (χ2v) is 3.79. The Hall–Kier alpha value is -2.74. The van der Waals surface area contributed by atoms with Crippen LogP contribution in [0, 0.1) is 17.1 Å². The fourth-order valence-corrected chi connectivity index (χ4v) is 1.45. The quantitative estimate of drug-likeness (QED) is 0.791. The Morgan fingerprint density at radius 1 is 1.37 bits per heavy atom. The van der Waals surface area contributed by atoms with Crippen molar-refractivity contribution in [2.75, 3.05) is 0 Å². The van der Waals surface area contributed by atoms with E-state index in [0.717, 1.165) is 6.07 Å². The summed E-state index contributed by atoms with van der Waals surface area (Å²) in [7, 11) is 0. The van der Waals surface area contributed by atoms with Gasteiger partial charge in [-0.05, 0) is 25.1 Å².